The van der Waals surface area contributed by atoms with E-state index in [1.807, 2.05) is 36.1 Å². The molecule has 2 amide bonds. The third-order valence-corrected chi connectivity index (χ3v) is 6.31. The Bertz CT molecular complexity index is 689. The van der Waals surface area contributed by atoms with Crippen molar-refractivity contribution in [1.29, 1.82) is 0 Å². The van der Waals surface area contributed by atoms with Crippen LogP contribution in [-0.2, 0) is 9.59 Å². The normalized spacial score (nSPS) is 22.3. The predicted molar refractivity (Wildman–Crippen MR) is 116 cm³/mol. The number of halogens is 1. The number of amides is 2. The third-order valence-electron chi connectivity index (χ3n) is 6.06. The molecule has 29 heavy (non-hydrogen) atoms. The maximum absolute atomic E-state index is 12.6. The number of piperazine rings is 1. The van der Waals surface area contributed by atoms with Gasteiger partial charge >= 0.3 is 0 Å². The van der Waals surface area contributed by atoms with Gasteiger partial charge < -0.3 is 10.2 Å². The van der Waals surface area contributed by atoms with E-state index in [1.165, 1.54) is 6.42 Å². The molecule has 2 fully saturated rings. The van der Waals surface area contributed by atoms with Gasteiger partial charge in [-0.05, 0) is 50.8 Å². The van der Waals surface area contributed by atoms with E-state index in [1.54, 1.807) is 0 Å². The summed E-state index contributed by atoms with van der Waals surface area (Å²) in [5.74, 6) is 0.277. The van der Waals surface area contributed by atoms with Gasteiger partial charge in [0.2, 0.25) is 11.8 Å². The van der Waals surface area contributed by atoms with Crippen molar-refractivity contribution in [2.24, 2.45) is 0 Å². The van der Waals surface area contributed by atoms with Gasteiger partial charge in [0, 0.05) is 43.8 Å². The molecule has 0 saturated carbocycles. The molecule has 2 atom stereocenters. The van der Waals surface area contributed by atoms with E-state index < -0.39 is 0 Å². The Morgan fingerprint density at radius 3 is 2.28 bits per heavy atom. The molecular formula is C22H33ClN4O2. The van der Waals surface area contributed by atoms with Crippen LogP contribution >= 0.6 is 11.6 Å². The Morgan fingerprint density at radius 2 is 1.66 bits per heavy atom. The Labute approximate surface area is 179 Å². The first-order valence-electron chi connectivity index (χ1n) is 10.7. The second kappa shape index (κ2) is 10.4. The number of rotatable bonds is 6. The molecule has 1 N–H and O–H groups in total. The van der Waals surface area contributed by atoms with E-state index in [2.05, 4.69) is 22.0 Å². The van der Waals surface area contributed by atoms with E-state index in [4.69, 9.17) is 11.6 Å². The van der Waals surface area contributed by atoms with Crippen molar-refractivity contribution in [2.75, 3.05) is 45.8 Å². The largest absolute Gasteiger partial charge is 0.348 e. The van der Waals surface area contributed by atoms with Gasteiger partial charge in [0.1, 0.15) is 0 Å². The zero-order chi connectivity index (χ0) is 20.8. The summed E-state index contributed by atoms with van der Waals surface area (Å²) in [6.45, 7) is 9.19. The second-order valence-electron chi connectivity index (χ2n) is 8.32. The summed E-state index contributed by atoms with van der Waals surface area (Å²) in [5.41, 5.74) is 1.04. The lowest BCUT2D eigenvalue weighted by Crippen LogP contribution is -2.53. The first-order valence-corrected chi connectivity index (χ1v) is 11.1. The fourth-order valence-electron chi connectivity index (χ4n) is 4.18. The molecule has 6 nitrogen and oxygen atoms in total. The number of likely N-dealkylation sites (tertiary alicyclic amines) is 1. The van der Waals surface area contributed by atoms with Crippen LogP contribution in [0.4, 0.5) is 0 Å². The number of piperidine rings is 1. The van der Waals surface area contributed by atoms with Gasteiger partial charge in [-0.2, -0.15) is 0 Å². The van der Waals surface area contributed by atoms with Gasteiger partial charge in [0.15, 0.2) is 0 Å². The summed E-state index contributed by atoms with van der Waals surface area (Å²) in [4.78, 5) is 31.4. The lowest BCUT2D eigenvalue weighted by molar-refractivity contribution is -0.136. The summed E-state index contributed by atoms with van der Waals surface area (Å²) in [7, 11) is 0. The van der Waals surface area contributed by atoms with E-state index >= 15 is 0 Å². The monoisotopic (exact) mass is 420 g/mol. The lowest BCUT2D eigenvalue weighted by atomic mass is 10.0. The van der Waals surface area contributed by atoms with Crippen LogP contribution < -0.4 is 5.32 Å². The van der Waals surface area contributed by atoms with Crippen molar-refractivity contribution < 1.29 is 9.59 Å². The van der Waals surface area contributed by atoms with Gasteiger partial charge in [-0.3, -0.25) is 19.4 Å². The molecule has 1 aromatic rings. The number of carbonyl (C=O) groups is 2. The van der Waals surface area contributed by atoms with Gasteiger partial charge in [-0.25, -0.2) is 0 Å². The smallest absolute Gasteiger partial charge is 0.236 e. The van der Waals surface area contributed by atoms with E-state index in [9.17, 15) is 9.59 Å². The summed E-state index contributed by atoms with van der Waals surface area (Å²) in [5, 5.41) is 3.75. The zero-order valence-electron chi connectivity index (χ0n) is 17.6. The molecule has 0 aromatic heterocycles. The summed E-state index contributed by atoms with van der Waals surface area (Å²) in [6.07, 6.45) is 3.46. The number of benzene rings is 1. The molecule has 0 aliphatic carbocycles. The minimum atomic E-state index is -0.0507. The second-order valence-corrected chi connectivity index (χ2v) is 8.76. The van der Waals surface area contributed by atoms with Gasteiger partial charge in [0.05, 0.1) is 19.1 Å². The molecule has 2 unspecified atom stereocenters. The molecule has 160 valence electrons. The van der Waals surface area contributed by atoms with Gasteiger partial charge in [-0.15, -0.1) is 0 Å². The zero-order valence-corrected chi connectivity index (χ0v) is 18.3. The number of nitrogens with one attached hydrogen (secondary N) is 1. The summed E-state index contributed by atoms with van der Waals surface area (Å²) < 4.78 is 0. The van der Waals surface area contributed by atoms with Crippen molar-refractivity contribution in [2.45, 2.75) is 45.2 Å². The molecule has 2 aliphatic heterocycles. The number of hydrogen-bond donors (Lipinski definition) is 1. The van der Waals surface area contributed by atoms with E-state index in [0.717, 1.165) is 51.1 Å². The fraction of sp³-hybridized carbons (Fsp3) is 0.636. The average Bonchev–Trinajstić information content (AvgIpc) is 2.70. The predicted octanol–water partition coefficient (Wildman–Crippen LogP) is 2.54. The molecule has 7 heteroatoms. The van der Waals surface area contributed by atoms with Crippen molar-refractivity contribution in [3.8, 4) is 0 Å². The molecule has 2 saturated heterocycles. The standard InChI is InChI=1S/C22H33ClN4O2/c1-17-5-3-4-10-27(17)22(29)16-26-13-11-25(12-14-26)15-21(28)24-18(2)19-6-8-20(23)9-7-19/h6-9,17-18H,3-5,10-16H2,1-2H3,(H,24,28). The summed E-state index contributed by atoms with van der Waals surface area (Å²) in [6, 6.07) is 7.86. The minimum absolute atomic E-state index is 0.0270. The molecule has 0 spiro atoms. The third kappa shape index (κ3) is 6.43. The Balaban J connectivity index is 1.38. The first kappa shape index (κ1) is 22.1. The Kier molecular flexibility index (Phi) is 7.92. The van der Waals surface area contributed by atoms with Crippen LogP contribution in [0.2, 0.25) is 5.02 Å². The lowest BCUT2D eigenvalue weighted by Gasteiger charge is -2.38. The minimum Gasteiger partial charge on any atom is -0.348 e. The van der Waals surface area contributed by atoms with E-state index in [-0.39, 0.29) is 17.9 Å². The molecule has 1 aromatic carbocycles. The van der Waals surface area contributed by atoms with Crippen molar-refractivity contribution >= 4 is 23.4 Å². The van der Waals surface area contributed by atoms with Gasteiger partial charge in [-0.1, -0.05) is 23.7 Å². The van der Waals surface area contributed by atoms with E-state index in [0.29, 0.717) is 24.2 Å². The quantitative estimate of drug-likeness (QED) is 0.768. The summed E-state index contributed by atoms with van der Waals surface area (Å²) >= 11 is 5.92. The van der Waals surface area contributed by atoms with Crippen LogP contribution in [0.5, 0.6) is 0 Å². The molecule has 2 heterocycles. The van der Waals surface area contributed by atoms with Crippen LogP contribution in [-0.4, -0.2) is 78.4 Å². The number of hydrogen-bond acceptors (Lipinski definition) is 4. The SMILES string of the molecule is CC(NC(=O)CN1CCN(CC(=O)N2CCCCC2C)CC1)c1ccc(Cl)cc1. The highest BCUT2D eigenvalue weighted by Gasteiger charge is 2.26. The van der Waals surface area contributed by atoms with Crippen LogP contribution in [0, 0.1) is 0 Å². The number of carbonyl (C=O) groups excluding carboxylic acids is 2. The van der Waals surface area contributed by atoms with Crippen LogP contribution in [0.3, 0.4) is 0 Å². The molecule has 2 aliphatic rings. The van der Waals surface area contributed by atoms with Crippen molar-refractivity contribution in [1.82, 2.24) is 20.0 Å². The average molecular weight is 421 g/mol. The molecule has 3 rings (SSSR count). The fourth-order valence-corrected chi connectivity index (χ4v) is 4.31. The van der Waals surface area contributed by atoms with Crippen LogP contribution in [0.25, 0.3) is 0 Å². The number of nitrogens with zero attached hydrogens (tertiary/aromatic N) is 3. The van der Waals surface area contributed by atoms with Crippen molar-refractivity contribution in [3.63, 3.8) is 0 Å². The van der Waals surface area contributed by atoms with Gasteiger partial charge in [0.25, 0.3) is 0 Å². The van der Waals surface area contributed by atoms with Crippen LogP contribution in [0.15, 0.2) is 24.3 Å². The molecule has 0 bridgehead atoms. The molecular weight excluding hydrogens is 388 g/mol. The molecule has 0 radical (unpaired) electrons. The first-order chi connectivity index (χ1) is 13.9. The van der Waals surface area contributed by atoms with Crippen molar-refractivity contribution in [3.05, 3.63) is 34.9 Å². The highest BCUT2D eigenvalue weighted by Crippen LogP contribution is 2.17. The highest BCUT2D eigenvalue weighted by atomic mass is 35.5. The maximum Gasteiger partial charge on any atom is 0.236 e. The Hall–Kier alpha value is -1.63. The Morgan fingerprint density at radius 1 is 1.03 bits per heavy atom. The topological polar surface area (TPSA) is 55.9 Å². The maximum atomic E-state index is 12.6. The highest BCUT2D eigenvalue weighted by molar-refractivity contribution is 6.30. The van der Waals surface area contributed by atoms with Crippen LogP contribution in [0.1, 0.15) is 44.7 Å².